The van der Waals surface area contributed by atoms with Gasteiger partial charge in [0.1, 0.15) is 17.6 Å². The summed E-state index contributed by atoms with van der Waals surface area (Å²) in [5.74, 6) is 1.76. The van der Waals surface area contributed by atoms with Crippen LogP contribution in [-0.4, -0.2) is 26.3 Å². The molecule has 1 aliphatic rings. The SMILES string of the molecule is CCCCC(=O)CC1N=C(c2ccccc2)c2ccccc2-n2c(C)nnc21. The normalized spacial score (nSPS) is 15.4. The molecule has 0 radical (unpaired) electrons. The third-order valence-corrected chi connectivity index (χ3v) is 5.11. The fourth-order valence-corrected chi connectivity index (χ4v) is 3.70. The Balaban J connectivity index is 1.87. The zero-order chi connectivity index (χ0) is 19.5. The monoisotopic (exact) mass is 372 g/mol. The summed E-state index contributed by atoms with van der Waals surface area (Å²) in [6, 6.07) is 18.0. The van der Waals surface area contributed by atoms with Crippen molar-refractivity contribution >= 4 is 11.5 Å². The largest absolute Gasteiger partial charge is 0.300 e. The maximum Gasteiger partial charge on any atom is 0.162 e. The minimum atomic E-state index is -0.340. The van der Waals surface area contributed by atoms with Gasteiger partial charge in [0.05, 0.1) is 11.4 Å². The molecule has 0 spiro atoms. The highest BCUT2D eigenvalue weighted by Gasteiger charge is 2.29. The Kier molecular flexibility index (Phi) is 5.15. The number of hydrogen-bond donors (Lipinski definition) is 0. The van der Waals surface area contributed by atoms with E-state index in [1.807, 2.05) is 41.8 Å². The van der Waals surface area contributed by atoms with Gasteiger partial charge in [-0.3, -0.25) is 14.4 Å². The number of para-hydroxylation sites is 1. The summed E-state index contributed by atoms with van der Waals surface area (Å²) in [4.78, 5) is 17.7. The number of hydrogen-bond acceptors (Lipinski definition) is 4. The number of Topliss-reactive ketones (excluding diaryl/α,β-unsaturated/α-hetero) is 1. The second kappa shape index (κ2) is 7.89. The number of rotatable bonds is 6. The molecule has 5 heteroatoms. The summed E-state index contributed by atoms with van der Waals surface area (Å²) >= 11 is 0. The molecule has 0 saturated heterocycles. The molecule has 1 aliphatic heterocycles. The van der Waals surface area contributed by atoms with E-state index in [1.165, 1.54) is 0 Å². The minimum Gasteiger partial charge on any atom is -0.300 e. The Morgan fingerprint density at radius 1 is 1.04 bits per heavy atom. The second-order valence-electron chi connectivity index (χ2n) is 7.16. The Morgan fingerprint density at radius 3 is 2.57 bits per heavy atom. The lowest BCUT2D eigenvalue weighted by molar-refractivity contribution is -0.119. The summed E-state index contributed by atoms with van der Waals surface area (Å²) < 4.78 is 2.05. The fourth-order valence-electron chi connectivity index (χ4n) is 3.70. The lowest BCUT2D eigenvalue weighted by Crippen LogP contribution is -2.11. The standard InChI is InChI=1S/C23H24N4O/c1-3-4-12-18(28)15-20-23-26-25-16(2)27(23)21-14-9-8-13-19(21)22(24-20)17-10-6-5-7-11-17/h5-11,13-14,20H,3-4,12,15H2,1-2H3. The molecule has 1 aromatic heterocycles. The molecule has 0 amide bonds. The molecule has 4 rings (SSSR count). The highest BCUT2D eigenvalue weighted by atomic mass is 16.1. The smallest absolute Gasteiger partial charge is 0.162 e. The molecule has 2 heterocycles. The van der Waals surface area contributed by atoms with Crippen LogP contribution in [0.3, 0.4) is 0 Å². The van der Waals surface area contributed by atoms with E-state index in [1.54, 1.807) is 0 Å². The van der Waals surface area contributed by atoms with E-state index in [0.29, 0.717) is 12.8 Å². The number of aromatic nitrogens is 3. The summed E-state index contributed by atoms with van der Waals surface area (Å²) in [7, 11) is 0. The lowest BCUT2D eigenvalue weighted by Gasteiger charge is -2.12. The second-order valence-corrected chi connectivity index (χ2v) is 7.16. The average molecular weight is 372 g/mol. The number of unbranched alkanes of at least 4 members (excludes halogenated alkanes) is 1. The number of carbonyl (C=O) groups is 1. The summed E-state index contributed by atoms with van der Waals surface area (Å²) in [6.07, 6.45) is 2.86. The van der Waals surface area contributed by atoms with Crippen molar-refractivity contribution in [1.29, 1.82) is 0 Å². The van der Waals surface area contributed by atoms with E-state index in [4.69, 9.17) is 4.99 Å². The molecular weight excluding hydrogens is 348 g/mol. The number of aryl methyl sites for hydroxylation is 1. The molecule has 0 saturated carbocycles. The minimum absolute atomic E-state index is 0.223. The molecule has 0 N–H and O–H groups in total. The zero-order valence-corrected chi connectivity index (χ0v) is 16.3. The van der Waals surface area contributed by atoms with Crippen LogP contribution in [0.15, 0.2) is 59.6 Å². The number of fused-ring (bicyclic) bond motifs is 3. The van der Waals surface area contributed by atoms with Crippen molar-refractivity contribution in [1.82, 2.24) is 14.8 Å². The highest BCUT2D eigenvalue weighted by Crippen LogP contribution is 2.32. The van der Waals surface area contributed by atoms with Gasteiger partial charge >= 0.3 is 0 Å². The molecule has 1 atom stereocenters. The van der Waals surface area contributed by atoms with Crippen molar-refractivity contribution in [2.45, 2.75) is 45.6 Å². The van der Waals surface area contributed by atoms with Gasteiger partial charge in [-0.1, -0.05) is 61.9 Å². The highest BCUT2D eigenvalue weighted by molar-refractivity contribution is 6.15. The van der Waals surface area contributed by atoms with E-state index in [2.05, 4.69) is 41.4 Å². The Morgan fingerprint density at radius 2 is 1.79 bits per heavy atom. The number of benzene rings is 2. The van der Waals surface area contributed by atoms with E-state index in [0.717, 1.165) is 47.0 Å². The fraction of sp³-hybridized carbons (Fsp3) is 0.304. The third kappa shape index (κ3) is 3.40. The molecule has 1 unspecified atom stereocenters. The Bertz CT molecular complexity index is 1020. The van der Waals surface area contributed by atoms with E-state index < -0.39 is 0 Å². The van der Waals surface area contributed by atoms with E-state index in [-0.39, 0.29) is 11.8 Å². The molecule has 3 aromatic rings. The first-order chi connectivity index (χ1) is 13.7. The predicted octanol–water partition coefficient (Wildman–Crippen LogP) is 4.62. The van der Waals surface area contributed by atoms with Gasteiger partial charge in [0.25, 0.3) is 0 Å². The van der Waals surface area contributed by atoms with Crippen molar-refractivity contribution in [2.75, 3.05) is 0 Å². The summed E-state index contributed by atoms with van der Waals surface area (Å²) in [6.45, 7) is 4.04. The van der Waals surface area contributed by atoms with Crippen molar-refractivity contribution in [3.63, 3.8) is 0 Å². The first-order valence-corrected chi connectivity index (χ1v) is 9.85. The molecular formula is C23H24N4O. The van der Waals surface area contributed by atoms with Gasteiger partial charge in [0.2, 0.25) is 0 Å². The van der Waals surface area contributed by atoms with Gasteiger partial charge in [0.15, 0.2) is 5.82 Å². The number of ketones is 1. The van der Waals surface area contributed by atoms with Gasteiger partial charge in [-0.25, -0.2) is 0 Å². The Labute approximate surface area is 165 Å². The zero-order valence-electron chi connectivity index (χ0n) is 16.3. The van der Waals surface area contributed by atoms with Gasteiger partial charge in [-0.05, 0) is 19.4 Å². The van der Waals surface area contributed by atoms with E-state index in [9.17, 15) is 4.79 Å². The Hall–Kier alpha value is -3.08. The predicted molar refractivity (Wildman–Crippen MR) is 110 cm³/mol. The van der Waals surface area contributed by atoms with Crippen molar-refractivity contribution in [3.8, 4) is 5.69 Å². The van der Waals surface area contributed by atoms with Gasteiger partial charge in [-0.2, -0.15) is 0 Å². The van der Waals surface area contributed by atoms with E-state index >= 15 is 0 Å². The summed E-state index contributed by atoms with van der Waals surface area (Å²) in [5, 5.41) is 8.70. The number of carbonyl (C=O) groups excluding carboxylic acids is 1. The van der Waals surface area contributed by atoms with Crippen LogP contribution in [-0.2, 0) is 4.79 Å². The van der Waals surface area contributed by atoms with Crippen LogP contribution in [0.1, 0.15) is 61.4 Å². The molecule has 5 nitrogen and oxygen atoms in total. The number of nitrogens with zero attached hydrogens (tertiary/aromatic N) is 4. The lowest BCUT2D eigenvalue weighted by atomic mass is 10.00. The van der Waals surface area contributed by atoms with Crippen LogP contribution >= 0.6 is 0 Å². The first kappa shape index (κ1) is 18.3. The van der Waals surface area contributed by atoms with Crippen LogP contribution in [0.4, 0.5) is 0 Å². The maximum absolute atomic E-state index is 12.6. The van der Waals surface area contributed by atoms with Crippen LogP contribution < -0.4 is 0 Å². The van der Waals surface area contributed by atoms with Crippen LogP contribution in [0.2, 0.25) is 0 Å². The van der Waals surface area contributed by atoms with Gasteiger partial charge in [-0.15, -0.1) is 10.2 Å². The quantitative estimate of drug-likeness (QED) is 0.634. The van der Waals surface area contributed by atoms with Crippen molar-refractivity contribution in [3.05, 3.63) is 77.4 Å². The molecule has 0 fully saturated rings. The van der Waals surface area contributed by atoms with Crippen molar-refractivity contribution in [2.24, 2.45) is 4.99 Å². The molecule has 142 valence electrons. The van der Waals surface area contributed by atoms with Crippen LogP contribution in [0.25, 0.3) is 5.69 Å². The van der Waals surface area contributed by atoms with Crippen LogP contribution in [0.5, 0.6) is 0 Å². The first-order valence-electron chi connectivity index (χ1n) is 9.85. The molecule has 2 aromatic carbocycles. The van der Waals surface area contributed by atoms with Crippen LogP contribution in [0, 0.1) is 6.92 Å². The number of aliphatic imine (C=N–C) groups is 1. The molecule has 28 heavy (non-hydrogen) atoms. The van der Waals surface area contributed by atoms with Gasteiger partial charge in [0, 0.05) is 24.0 Å². The maximum atomic E-state index is 12.6. The topological polar surface area (TPSA) is 60.1 Å². The molecule has 0 aliphatic carbocycles. The van der Waals surface area contributed by atoms with Crippen molar-refractivity contribution < 1.29 is 4.79 Å². The molecule has 0 bridgehead atoms. The third-order valence-electron chi connectivity index (χ3n) is 5.11. The average Bonchev–Trinajstić information content (AvgIpc) is 3.05. The summed E-state index contributed by atoms with van der Waals surface area (Å²) in [5.41, 5.74) is 3.97. The van der Waals surface area contributed by atoms with Gasteiger partial charge < -0.3 is 0 Å².